The van der Waals surface area contributed by atoms with Crippen molar-refractivity contribution in [1.29, 1.82) is 0 Å². The van der Waals surface area contributed by atoms with Gasteiger partial charge in [-0.25, -0.2) is 4.99 Å². The first-order valence-corrected chi connectivity index (χ1v) is 6.85. The lowest BCUT2D eigenvalue weighted by Crippen LogP contribution is -2.43. The molecule has 1 atom stereocenters. The number of aliphatic imine (C=N–C) groups is 1. The molecule has 6 nitrogen and oxygen atoms in total. The lowest BCUT2D eigenvalue weighted by molar-refractivity contribution is -0.385. The Hall–Kier alpha value is -2.11. The number of para-hydroxylation sites is 1. The summed E-state index contributed by atoms with van der Waals surface area (Å²) in [5.41, 5.74) is 6.67. The van der Waals surface area contributed by atoms with Crippen LogP contribution in [0.4, 0.5) is 5.69 Å². The molecule has 2 N–H and O–H groups in total. The van der Waals surface area contributed by atoms with E-state index in [1.54, 1.807) is 18.2 Å². The van der Waals surface area contributed by atoms with E-state index < -0.39 is 0 Å². The highest BCUT2D eigenvalue weighted by molar-refractivity contribution is 5.78. The Morgan fingerprint density at radius 1 is 1.55 bits per heavy atom. The van der Waals surface area contributed by atoms with Gasteiger partial charge >= 0.3 is 0 Å². The summed E-state index contributed by atoms with van der Waals surface area (Å²) in [5.74, 6) is 1.10. The van der Waals surface area contributed by atoms with Gasteiger partial charge in [-0.05, 0) is 18.8 Å². The number of likely N-dealkylation sites (tertiary alicyclic amines) is 1. The Morgan fingerprint density at radius 3 is 3.00 bits per heavy atom. The topological polar surface area (TPSA) is 84.8 Å². The van der Waals surface area contributed by atoms with Gasteiger partial charge in [-0.2, -0.15) is 0 Å². The molecule has 1 aromatic carbocycles. The number of piperidine rings is 1. The number of hydrogen-bond acceptors (Lipinski definition) is 3. The number of hydrogen-bond donors (Lipinski definition) is 1. The SMILES string of the molecule is CC1CCCN(C(N)=NCc2ccccc2[N+](=O)[O-])C1. The van der Waals surface area contributed by atoms with Crippen LogP contribution in [0.5, 0.6) is 0 Å². The van der Waals surface area contributed by atoms with Gasteiger partial charge in [-0.1, -0.05) is 25.1 Å². The molecule has 108 valence electrons. The zero-order valence-corrected chi connectivity index (χ0v) is 11.7. The fourth-order valence-corrected chi connectivity index (χ4v) is 2.49. The molecular weight excluding hydrogens is 256 g/mol. The average Bonchev–Trinajstić information content (AvgIpc) is 2.45. The van der Waals surface area contributed by atoms with Gasteiger partial charge in [0.25, 0.3) is 5.69 Å². The first-order chi connectivity index (χ1) is 9.58. The molecule has 1 aromatic rings. The molecule has 1 fully saturated rings. The van der Waals surface area contributed by atoms with Gasteiger partial charge in [0.05, 0.1) is 17.0 Å². The minimum Gasteiger partial charge on any atom is -0.370 e. The normalized spacial score (nSPS) is 19.9. The van der Waals surface area contributed by atoms with Crippen LogP contribution in [0.25, 0.3) is 0 Å². The lowest BCUT2D eigenvalue weighted by Gasteiger charge is -2.31. The second kappa shape index (κ2) is 6.36. The van der Waals surface area contributed by atoms with Crippen LogP contribution in [-0.2, 0) is 6.54 Å². The monoisotopic (exact) mass is 276 g/mol. The van der Waals surface area contributed by atoms with E-state index in [-0.39, 0.29) is 17.2 Å². The molecule has 0 saturated carbocycles. The maximum atomic E-state index is 10.9. The van der Waals surface area contributed by atoms with Crippen molar-refractivity contribution in [3.8, 4) is 0 Å². The van der Waals surface area contributed by atoms with Crippen molar-refractivity contribution in [2.75, 3.05) is 13.1 Å². The van der Waals surface area contributed by atoms with Crippen LogP contribution < -0.4 is 5.73 Å². The largest absolute Gasteiger partial charge is 0.370 e. The Morgan fingerprint density at radius 2 is 2.30 bits per heavy atom. The predicted octanol–water partition coefficient (Wildman–Crippen LogP) is 2.14. The molecule has 0 radical (unpaired) electrons. The van der Waals surface area contributed by atoms with Gasteiger partial charge in [0.1, 0.15) is 0 Å². The molecule has 0 aromatic heterocycles. The van der Waals surface area contributed by atoms with Gasteiger partial charge < -0.3 is 10.6 Å². The minimum absolute atomic E-state index is 0.0936. The van der Waals surface area contributed by atoms with E-state index in [1.807, 2.05) is 0 Å². The molecule has 1 aliphatic heterocycles. The van der Waals surface area contributed by atoms with Crippen molar-refractivity contribution in [2.45, 2.75) is 26.3 Å². The second-order valence-electron chi connectivity index (χ2n) is 5.25. The van der Waals surface area contributed by atoms with E-state index in [2.05, 4.69) is 16.8 Å². The van der Waals surface area contributed by atoms with Gasteiger partial charge in [0.2, 0.25) is 0 Å². The maximum Gasteiger partial charge on any atom is 0.274 e. The summed E-state index contributed by atoms with van der Waals surface area (Å²) in [5, 5.41) is 10.9. The summed E-state index contributed by atoms with van der Waals surface area (Å²) in [4.78, 5) is 16.9. The lowest BCUT2D eigenvalue weighted by atomic mass is 10.0. The second-order valence-corrected chi connectivity index (χ2v) is 5.25. The van der Waals surface area contributed by atoms with Crippen molar-refractivity contribution in [2.24, 2.45) is 16.6 Å². The van der Waals surface area contributed by atoms with E-state index in [0.717, 1.165) is 19.5 Å². The number of guanidine groups is 1. The first kappa shape index (κ1) is 14.3. The van der Waals surface area contributed by atoms with Crippen LogP contribution >= 0.6 is 0 Å². The van der Waals surface area contributed by atoms with Crippen LogP contribution in [0.1, 0.15) is 25.3 Å². The van der Waals surface area contributed by atoms with Crippen molar-refractivity contribution in [3.05, 3.63) is 39.9 Å². The van der Waals surface area contributed by atoms with Gasteiger partial charge in [-0.3, -0.25) is 10.1 Å². The van der Waals surface area contributed by atoms with E-state index in [4.69, 9.17) is 5.73 Å². The summed E-state index contributed by atoms with van der Waals surface area (Å²) in [7, 11) is 0. The number of nitro groups is 1. The summed E-state index contributed by atoms with van der Waals surface area (Å²) in [6.07, 6.45) is 2.33. The third-order valence-corrected chi connectivity index (χ3v) is 3.58. The molecule has 0 spiro atoms. The Bertz CT molecular complexity index is 516. The molecule has 6 heteroatoms. The molecule has 1 heterocycles. The van der Waals surface area contributed by atoms with Gasteiger partial charge in [0, 0.05) is 19.2 Å². The fraction of sp³-hybridized carbons (Fsp3) is 0.500. The van der Waals surface area contributed by atoms with Gasteiger partial charge in [0.15, 0.2) is 5.96 Å². The molecule has 1 unspecified atom stereocenters. The number of nitro benzene ring substituents is 1. The Kier molecular flexibility index (Phi) is 4.55. The molecule has 1 saturated heterocycles. The average molecular weight is 276 g/mol. The number of rotatable bonds is 3. The minimum atomic E-state index is -0.385. The van der Waals surface area contributed by atoms with Crippen LogP contribution in [0.3, 0.4) is 0 Å². The van der Waals surface area contributed by atoms with E-state index in [9.17, 15) is 10.1 Å². The number of nitrogens with two attached hydrogens (primary N) is 1. The zero-order chi connectivity index (χ0) is 14.5. The Labute approximate surface area is 118 Å². The molecule has 0 bridgehead atoms. The van der Waals surface area contributed by atoms with Gasteiger partial charge in [-0.15, -0.1) is 0 Å². The highest BCUT2D eigenvalue weighted by atomic mass is 16.6. The van der Waals surface area contributed by atoms with Crippen LogP contribution in [0, 0.1) is 16.0 Å². The summed E-state index contributed by atoms with van der Waals surface area (Å²) >= 11 is 0. The fourth-order valence-electron chi connectivity index (χ4n) is 2.49. The smallest absolute Gasteiger partial charge is 0.274 e. The third kappa shape index (κ3) is 3.46. The van der Waals surface area contributed by atoms with Crippen molar-refractivity contribution >= 4 is 11.6 Å². The summed E-state index contributed by atoms with van der Waals surface area (Å²) in [6, 6.07) is 6.63. The molecule has 0 amide bonds. The van der Waals surface area contributed by atoms with Crippen LogP contribution in [0.2, 0.25) is 0 Å². The summed E-state index contributed by atoms with van der Waals surface area (Å²) in [6.45, 7) is 4.26. The molecule has 1 aliphatic rings. The van der Waals surface area contributed by atoms with Crippen molar-refractivity contribution < 1.29 is 4.92 Å². The predicted molar refractivity (Wildman–Crippen MR) is 78.4 cm³/mol. The highest BCUT2D eigenvalue weighted by Gasteiger charge is 2.18. The first-order valence-electron chi connectivity index (χ1n) is 6.85. The maximum absolute atomic E-state index is 10.9. The standard InChI is InChI=1S/C14H20N4O2/c1-11-5-4-8-17(10-11)14(15)16-9-12-6-2-3-7-13(12)18(19)20/h2-3,6-7,11H,4-5,8-10H2,1H3,(H2,15,16). The van der Waals surface area contributed by atoms with E-state index in [0.29, 0.717) is 17.4 Å². The van der Waals surface area contributed by atoms with E-state index >= 15 is 0 Å². The van der Waals surface area contributed by atoms with Crippen LogP contribution in [0.15, 0.2) is 29.3 Å². The Balaban J connectivity index is 2.07. The molecule has 0 aliphatic carbocycles. The molecular formula is C14H20N4O2. The van der Waals surface area contributed by atoms with Crippen LogP contribution in [-0.4, -0.2) is 28.9 Å². The van der Waals surface area contributed by atoms with Crippen molar-refractivity contribution in [1.82, 2.24) is 4.90 Å². The quantitative estimate of drug-likeness (QED) is 0.397. The molecule has 2 rings (SSSR count). The zero-order valence-electron chi connectivity index (χ0n) is 11.7. The highest BCUT2D eigenvalue weighted by Crippen LogP contribution is 2.19. The van der Waals surface area contributed by atoms with E-state index in [1.165, 1.54) is 12.5 Å². The molecule has 20 heavy (non-hydrogen) atoms. The summed E-state index contributed by atoms with van der Waals surface area (Å²) < 4.78 is 0. The third-order valence-electron chi connectivity index (χ3n) is 3.58. The van der Waals surface area contributed by atoms with Crippen molar-refractivity contribution in [3.63, 3.8) is 0 Å². The number of nitrogens with zero attached hydrogens (tertiary/aromatic N) is 3. The number of benzene rings is 1.